The minimum atomic E-state index is -0.502. The molecular weight excluding hydrogens is 424 g/mol. The number of hydrogen-bond acceptors (Lipinski definition) is 10. The number of rotatable bonds is 7. The summed E-state index contributed by atoms with van der Waals surface area (Å²) in [7, 11) is 4.57. The Labute approximate surface area is 180 Å². The van der Waals surface area contributed by atoms with Gasteiger partial charge in [0.15, 0.2) is 11.5 Å². The van der Waals surface area contributed by atoms with Crippen molar-refractivity contribution in [2.24, 2.45) is 0 Å². The van der Waals surface area contributed by atoms with E-state index in [-0.39, 0.29) is 11.6 Å². The van der Waals surface area contributed by atoms with Gasteiger partial charge in [-0.2, -0.15) is 0 Å². The molecule has 0 atom stereocenters. The van der Waals surface area contributed by atoms with E-state index in [4.69, 9.17) is 23.0 Å². The molecule has 0 aliphatic rings. The molecule has 2 heterocycles. The summed E-state index contributed by atoms with van der Waals surface area (Å²) in [5.74, 6) is 2.09. The van der Waals surface area contributed by atoms with E-state index in [0.29, 0.717) is 44.8 Å². The Morgan fingerprint density at radius 3 is 2.39 bits per heavy atom. The van der Waals surface area contributed by atoms with Crippen LogP contribution in [0, 0.1) is 0 Å². The van der Waals surface area contributed by atoms with Crippen LogP contribution < -0.4 is 19.8 Å². The molecule has 4 rings (SSSR count). The second-order valence-electron chi connectivity index (χ2n) is 6.35. The van der Waals surface area contributed by atoms with E-state index in [0.717, 1.165) is 5.56 Å². The highest BCUT2D eigenvalue weighted by molar-refractivity contribution is 7.98. The number of methoxy groups -OCH3 is 3. The first kappa shape index (κ1) is 20.6. The SMILES string of the molecule is COc1cc(-c2nnc(SCc3cc(=O)oc4cc(O)ccc34)o2)cc(OC)c1OC. The van der Waals surface area contributed by atoms with Crippen molar-refractivity contribution in [3.05, 3.63) is 52.4 Å². The second-order valence-corrected chi connectivity index (χ2v) is 7.27. The molecule has 4 aromatic rings. The highest BCUT2D eigenvalue weighted by atomic mass is 32.2. The third kappa shape index (κ3) is 4.15. The normalized spacial score (nSPS) is 10.9. The van der Waals surface area contributed by atoms with Gasteiger partial charge < -0.3 is 28.2 Å². The van der Waals surface area contributed by atoms with Crippen LogP contribution in [0.1, 0.15) is 5.56 Å². The molecule has 0 saturated heterocycles. The zero-order chi connectivity index (χ0) is 22.0. The van der Waals surface area contributed by atoms with Gasteiger partial charge in [-0.3, -0.25) is 0 Å². The summed E-state index contributed by atoms with van der Waals surface area (Å²) in [4.78, 5) is 11.8. The van der Waals surface area contributed by atoms with Crippen LogP contribution in [0.15, 0.2) is 55.2 Å². The fourth-order valence-corrected chi connectivity index (χ4v) is 3.82. The lowest BCUT2D eigenvalue weighted by atomic mass is 10.1. The van der Waals surface area contributed by atoms with Gasteiger partial charge in [0.25, 0.3) is 5.22 Å². The predicted octanol–water partition coefficient (Wildman–Crippen LogP) is 3.87. The molecular formula is C21H18N2O7S. The smallest absolute Gasteiger partial charge is 0.336 e. The van der Waals surface area contributed by atoms with Crippen molar-refractivity contribution in [3.63, 3.8) is 0 Å². The van der Waals surface area contributed by atoms with Crippen molar-refractivity contribution in [3.8, 4) is 34.5 Å². The van der Waals surface area contributed by atoms with E-state index >= 15 is 0 Å². The summed E-state index contributed by atoms with van der Waals surface area (Å²) in [6, 6.07) is 9.46. The monoisotopic (exact) mass is 442 g/mol. The third-order valence-electron chi connectivity index (χ3n) is 4.48. The Morgan fingerprint density at radius 2 is 1.71 bits per heavy atom. The summed E-state index contributed by atoms with van der Waals surface area (Å²) in [6.45, 7) is 0. The van der Waals surface area contributed by atoms with Gasteiger partial charge in [0.2, 0.25) is 11.6 Å². The van der Waals surface area contributed by atoms with Crippen molar-refractivity contribution in [1.29, 1.82) is 0 Å². The topological polar surface area (TPSA) is 117 Å². The number of phenols is 1. The fraction of sp³-hybridized carbons (Fsp3) is 0.190. The maximum absolute atomic E-state index is 11.8. The van der Waals surface area contributed by atoms with Crippen molar-refractivity contribution >= 4 is 22.7 Å². The number of aromatic hydroxyl groups is 1. The van der Waals surface area contributed by atoms with E-state index in [1.54, 1.807) is 18.2 Å². The van der Waals surface area contributed by atoms with Crippen molar-refractivity contribution in [1.82, 2.24) is 10.2 Å². The molecule has 0 fully saturated rings. The van der Waals surface area contributed by atoms with Gasteiger partial charge >= 0.3 is 5.63 Å². The number of ether oxygens (including phenoxy) is 3. The molecule has 0 bridgehead atoms. The Bertz CT molecular complexity index is 1270. The standard InChI is InChI=1S/C21H18N2O7S/c1-26-16-6-11(7-17(27-2)19(16)28-3)20-22-23-21(30-20)31-10-12-8-18(25)29-15-9-13(24)4-5-14(12)15/h4-9,24H,10H2,1-3H3. The number of benzene rings is 2. The zero-order valence-corrected chi connectivity index (χ0v) is 17.7. The average molecular weight is 442 g/mol. The van der Waals surface area contributed by atoms with E-state index < -0.39 is 5.63 Å². The summed E-state index contributed by atoms with van der Waals surface area (Å²) in [6.07, 6.45) is 0. The summed E-state index contributed by atoms with van der Waals surface area (Å²) < 4.78 is 27.0. The minimum absolute atomic E-state index is 0.0207. The fourth-order valence-electron chi connectivity index (χ4n) is 3.07. The first-order valence-electron chi connectivity index (χ1n) is 9.04. The Kier molecular flexibility index (Phi) is 5.72. The number of aromatic nitrogens is 2. The van der Waals surface area contributed by atoms with E-state index in [1.807, 2.05) is 0 Å². The minimum Gasteiger partial charge on any atom is -0.508 e. The third-order valence-corrected chi connectivity index (χ3v) is 5.35. The molecule has 160 valence electrons. The Balaban J connectivity index is 1.60. The first-order valence-corrected chi connectivity index (χ1v) is 10.0. The van der Waals surface area contributed by atoms with Crippen LogP contribution in [-0.4, -0.2) is 36.6 Å². The van der Waals surface area contributed by atoms with Crippen LogP contribution in [0.2, 0.25) is 0 Å². The largest absolute Gasteiger partial charge is 0.508 e. The number of thioether (sulfide) groups is 1. The van der Waals surface area contributed by atoms with Gasteiger partial charge in [0.1, 0.15) is 11.3 Å². The van der Waals surface area contributed by atoms with Crippen molar-refractivity contribution in [2.45, 2.75) is 11.0 Å². The maximum Gasteiger partial charge on any atom is 0.336 e. The molecule has 0 radical (unpaired) electrons. The van der Waals surface area contributed by atoms with Gasteiger partial charge in [0, 0.05) is 28.8 Å². The number of fused-ring (bicyclic) bond motifs is 1. The van der Waals surface area contributed by atoms with Crippen molar-refractivity contribution < 1.29 is 28.2 Å². The zero-order valence-electron chi connectivity index (χ0n) is 16.9. The van der Waals surface area contributed by atoms with E-state index in [2.05, 4.69) is 10.2 Å². The van der Waals surface area contributed by atoms with Crippen LogP contribution in [0.5, 0.6) is 23.0 Å². The second kappa shape index (κ2) is 8.60. The lowest BCUT2D eigenvalue weighted by molar-refractivity contribution is 0.324. The van der Waals surface area contributed by atoms with E-state index in [1.165, 1.54) is 51.3 Å². The van der Waals surface area contributed by atoms with Crippen LogP contribution >= 0.6 is 11.8 Å². The average Bonchev–Trinajstić information content (AvgIpc) is 3.25. The highest BCUT2D eigenvalue weighted by Gasteiger charge is 2.18. The number of nitrogens with zero attached hydrogens (tertiary/aromatic N) is 2. The quantitative estimate of drug-likeness (QED) is 0.334. The van der Waals surface area contributed by atoms with Gasteiger partial charge in [0.05, 0.1) is 21.3 Å². The molecule has 2 aromatic heterocycles. The molecule has 2 aromatic carbocycles. The van der Waals surface area contributed by atoms with Crippen LogP contribution in [0.3, 0.4) is 0 Å². The number of phenolic OH excluding ortho intramolecular Hbond substituents is 1. The summed E-state index contributed by atoms with van der Waals surface area (Å²) >= 11 is 1.27. The highest BCUT2D eigenvalue weighted by Crippen LogP contribution is 2.41. The molecule has 0 aliphatic heterocycles. The lowest BCUT2D eigenvalue weighted by Gasteiger charge is -2.12. The summed E-state index contributed by atoms with van der Waals surface area (Å²) in [5, 5.41) is 18.8. The molecule has 1 N–H and O–H groups in total. The Morgan fingerprint density at radius 1 is 0.968 bits per heavy atom. The molecule has 0 aliphatic carbocycles. The van der Waals surface area contributed by atoms with Crippen LogP contribution in [-0.2, 0) is 5.75 Å². The molecule has 31 heavy (non-hydrogen) atoms. The lowest BCUT2D eigenvalue weighted by Crippen LogP contribution is -1.99. The summed E-state index contributed by atoms with van der Waals surface area (Å²) in [5.41, 5.74) is 1.14. The number of hydrogen-bond donors (Lipinski definition) is 1. The predicted molar refractivity (Wildman–Crippen MR) is 113 cm³/mol. The van der Waals surface area contributed by atoms with Crippen LogP contribution in [0.4, 0.5) is 0 Å². The first-order chi connectivity index (χ1) is 15.0. The van der Waals surface area contributed by atoms with E-state index in [9.17, 15) is 9.90 Å². The molecule has 0 saturated carbocycles. The van der Waals surface area contributed by atoms with Crippen molar-refractivity contribution in [2.75, 3.05) is 21.3 Å². The molecule has 9 nitrogen and oxygen atoms in total. The van der Waals surface area contributed by atoms with Gasteiger partial charge in [-0.1, -0.05) is 11.8 Å². The van der Waals surface area contributed by atoms with Crippen LogP contribution in [0.25, 0.3) is 22.4 Å². The molecule has 0 spiro atoms. The van der Waals surface area contributed by atoms with Gasteiger partial charge in [-0.05, 0) is 29.8 Å². The maximum atomic E-state index is 11.8. The van der Waals surface area contributed by atoms with Gasteiger partial charge in [-0.15, -0.1) is 10.2 Å². The molecule has 0 amide bonds. The molecule has 0 unspecified atom stereocenters. The van der Waals surface area contributed by atoms with Gasteiger partial charge in [-0.25, -0.2) is 4.79 Å². The Hall–Kier alpha value is -3.66. The molecule has 10 heteroatoms.